The molecule has 0 aliphatic carbocycles. The Labute approximate surface area is 119 Å². The predicted octanol–water partition coefficient (Wildman–Crippen LogP) is 3.30. The summed E-state index contributed by atoms with van der Waals surface area (Å²) in [5.41, 5.74) is 1.92. The molecule has 0 radical (unpaired) electrons. The van der Waals surface area contributed by atoms with E-state index >= 15 is 0 Å². The Morgan fingerprint density at radius 3 is 2.95 bits per heavy atom. The van der Waals surface area contributed by atoms with Gasteiger partial charge in [-0.15, -0.1) is 0 Å². The first kappa shape index (κ1) is 13.0. The Balaban J connectivity index is 1.86. The number of fused-ring (bicyclic) bond motifs is 1. The Bertz CT molecular complexity index is 785. The number of rotatable bonds is 4. The maximum atomic E-state index is 10.7. The zero-order valence-electron chi connectivity index (χ0n) is 11.2. The number of oxazole rings is 1. The molecule has 0 fully saturated rings. The first-order valence-electron chi connectivity index (χ1n) is 6.35. The van der Waals surface area contributed by atoms with Gasteiger partial charge in [0.05, 0.1) is 17.0 Å². The molecule has 106 valence electrons. The fourth-order valence-electron chi connectivity index (χ4n) is 1.99. The number of non-ortho nitro benzene ring substituents is 1. The lowest BCUT2D eigenvalue weighted by Crippen LogP contribution is -2.06. The highest BCUT2D eigenvalue weighted by atomic mass is 16.6. The molecule has 0 aliphatic heterocycles. The van der Waals surface area contributed by atoms with Crippen molar-refractivity contribution in [2.45, 2.75) is 13.0 Å². The van der Waals surface area contributed by atoms with Crippen molar-refractivity contribution < 1.29 is 9.34 Å². The van der Waals surface area contributed by atoms with Gasteiger partial charge in [0.25, 0.3) is 11.7 Å². The summed E-state index contributed by atoms with van der Waals surface area (Å²) in [5.74, 6) is 0. The fraction of sp³-hybridized carbons (Fsp3) is 0.143. The van der Waals surface area contributed by atoms with E-state index in [1.807, 2.05) is 19.1 Å². The van der Waals surface area contributed by atoms with Gasteiger partial charge >= 0.3 is 0 Å². The van der Waals surface area contributed by atoms with E-state index in [0.29, 0.717) is 17.1 Å². The number of pyridine rings is 1. The summed E-state index contributed by atoms with van der Waals surface area (Å²) < 4.78 is 5.50. The van der Waals surface area contributed by atoms with Gasteiger partial charge in [-0.2, -0.15) is 4.98 Å². The van der Waals surface area contributed by atoms with Crippen molar-refractivity contribution in [3.8, 4) is 0 Å². The number of nitro groups is 1. The number of anilines is 1. The van der Waals surface area contributed by atoms with E-state index in [4.69, 9.17) is 4.42 Å². The number of aromatic nitrogens is 2. The van der Waals surface area contributed by atoms with Crippen LogP contribution in [0.4, 0.5) is 11.7 Å². The molecule has 3 rings (SSSR count). The highest BCUT2D eigenvalue weighted by Crippen LogP contribution is 2.25. The Morgan fingerprint density at radius 1 is 1.38 bits per heavy atom. The van der Waals surface area contributed by atoms with Gasteiger partial charge in [0.2, 0.25) is 0 Å². The molecular weight excluding hydrogens is 272 g/mol. The third-order valence-corrected chi connectivity index (χ3v) is 3.11. The molecule has 21 heavy (non-hydrogen) atoms. The second-order valence-corrected chi connectivity index (χ2v) is 4.58. The molecule has 1 atom stereocenters. The summed E-state index contributed by atoms with van der Waals surface area (Å²) in [4.78, 5) is 18.6. The molecule has 0 amide bonds. The van der Waals surface area contributed by atoms with Gasteiger partial charge in [-0.1, -0.05) is 6.07 Å². The van der Waals surface area contributed by atoms with E-state index in [1.165, 1.54) is 12.1 Å². The minimum Gasteiger partial charge on any atom is -0.423 e. The monoisotopic (exact) mass is 284 g/mol. The minimum atomic E-state index is -0.465. The van der Waals surface area contributed by atoms with Crippen molar-refractivity contribution in [3.05, 3.63) is 58.4 Å². The number of hydrogen-bond acceptors (Lipinski definition) is 6. The van der Waals surface area contributed by atoms with Crippen molar-refractivity contribution in [1.82, 2.24) is 9.97 Å². The van der Waals surface area contributed by atoms with Crippen LogP contribution in [0.1, 0.15) is 18.5 Å². The standard InChI is InChI=1S/C14H12N4O3/c1-9(10-3-2-6-15-8-10)16-14-17-12-5-4-11(18(19)20)7-13(12)21-14/h2-9H,1H3,(H,16,17). The predicted molar refractivity (Wildman–Crippen MR) is 76.9 cm³/mol. The maximum Gasteiger partial charge on any atom is 0.296 e. The molecule has 0 bridgehead atoms. The van der Waals surface area contributed by atoms with Gasteiger partial charge in [0.1, 0.15) is 5.52 Å². The van der Waals surface area contributed by atoms with Gasteiger partial charge in [0.15, 0.2) is 5.58 Å². The summed E-state index contributed by atoms with van der Waals surface area (Å²) in [6, 6.07) is 8.41. The molecule has 1 N–H and O–H groups in total. The minimum absolute atomic E-state index is 0.0227. The van der Waals surface area contributed by atoms with Crippen molar-refractivity contribution in [3.63, 3.8) is 0 Å². The second kappa shape index (κ2) is 5.20. The van der Waals surface area contributed by atoms with Crippen molar-refractivity contribution in [2.24, 2.45) is 0 Å². The quantitative estimate of drug-likeness (QED) is 0.583. The SMILES string of the molecule is CC(Nc1nc2ccc([N+](=O)[O-])cc2o1)c1cccnc1. The maximum absolute atomic E-state index is 10.7. The molecule has 0 saturated heterocycles. The first-order chi connectivity index (χ1) is 10.1. The van der Waals surface area contributed by atoms with Crippen LogP contribution >= 0.6 is 0 Å². The van der Waals surface area contributed by atoms with Gasteiger partial charge in [-0.3, -0.25) is 15.1 Å². The molecule has 7 nitrogen and oxygen atoms in total. The molecule has 3 aromatic rings. The van der Waals surface area contributed by atoms with E-state index in [-0.39, 0.29) is 11.7 Å². The molecule has 2 heterocycles. The zero-order chi connectivity index (χ0) is 14.8. The number of nitrogens with zero attached hydrogens (tertiary/aromatic N) is 3. The summed E-state index contributed by atoms with van der Waals surface area (Å²) in [7, 11) is 0. The van der Waals surface area contributed by atoms with Crippen LogP contribution in [0.2, 0.25) is 0 Å². The van der Waals surface area contributed by atoms with Gasteiger partial charge in [0, 0.05) is 18.5 Å². The van der Waals surface area contributed by atoms with Gasteiger partial charge < -0.3 is 9.73 Å². The molecule has 0 spiro atoms. The molecule has 0 saturated carbocycles. The van der Waals surface area contributed by atoms with Crippen LogP contribution in [-0.4, -0.2) is 14.9 Å². The van der Waals surface area contributed by atoms with Gasteiger partial charge in [-0.25, -0.2) is 0 Å². The summed E-state index contributed by atoms with van der Waals surface area (Å²) >= 11 is 0. The normalized spacial score (nSPS) is 12.2. The lowest BCUT2D eigenvalue weighted by atomic mass is 10.1. The van der Waals surface area contributed by atoms with Crippen LogP contribution in [0.5, 0.6) is 0 Å². The Kier molecular flexibility index (Phi) is 3.23. The van der Waals surface area contributed by atoms with Crippen molar-refractivity contribution in [1.29, 1.82) is 0 Å². The number of nitrogens with one attached hydrogen (secondary N) is 1. The Morgan fingerprint density at radius 2 is 2.24 bits per heavy atom. The van der Waals surface area contributed by atoms with E-state index in [2.05, 4.69) is 15.3 Å². The molecule has 0 aliphatic rings. The van der Waals surface area contributed by atoms with Crippen LogP contribution in [0, 0.1) is 10.1 Å². The zero-order valence-corrected chi connectivity index (χ0v) is 11.2. The van der Waals surface area contributed by atoms with Crippen LogP contribution in [0.3, 0.4) is 0 Å². The molecule has 2 aromatic heterocycles. The topological polar surface area (TPSA) is 94.1 Å². The number of benzene rings is 1. The van der Waals surface area contributed by atoms with E-state index in [0.717, 1.165) is 5.56 Å². The lowest BCUT2D eigenvalue weighted by molar-refractivity contribution is -0.384. The number of nitro benzene ring substituents is 1. The first-order valence-corrected chi connectivity index (χ1v) is 6.35. The highest BCUT2D eigenvalue weighted by molar-refractivity contribution is 5.77. The third kappa shape index (κ3) is 2.66. The van der Waals surface area contributed by atoms with E-state index in [9.17, 15) is 10.1 Å². The van der Waals surface area contributed by atoms with Crippen LogP contribution in [-0.2, 0) is 0 Å². The molecule has 1 aromatic carbocycles. The fourth-order valence-corrected chi connectivity index (χ4v) is 1.99. The van der Waals surface area contributed by atoms with Crippen LogP contribution in [0.15, 0.2) is 47.1 Å². The largest absolute Gasteiger partial charge is 0.423 e. The van der Waals surface area contributed by atoms with E-state index < -0.39 is 4.92 Å². The lowest BCUT2D eigenvalue weighted by Gasteiger charge is -2.11. The second-order valence-electron chi connectivity index (χ2n) is 4.58. The van der Waals surface area contributed by atoms with Crippen molar-refractivity contribution >= 4 is 22.8 Å². The summed E-state index contributed by atoms with van der Waals surface area (Å²) in [5, 5.41) is 13.8. The summed E-state index contributed by atoms with van der Waals surface area (Å²) in [6.45, 7) is 1.95. The van der Waals surface area contributed by atoms with E-state index in [1.54, 1.807) is 18.5 Å². The summed E-state index contributed by atoms with van der Waals surface area (Å²) in [6.07, 6.45) is 3.46. The van der Waals surface area contributed by atoms with Gasteiger partial charge in [-0.05, 0) is 24.6 Å². The Hall–Kier alpha value is -2.96. The molecule has 1 unspecified atom stereocenters. The number of hydrogen-bond donors (Lipinski definition) is 1. The third-order valence-electron chi connectivity index (χ3n) is 3.11. The van der Waals surface area contributed by atoms with Crippen molar-refractivity contribution in [2.75, 3.05) is 5.32 Å². The smallest absolute Gasteiger partial charge is 0.296 e. The average molecular weight is 284 g/mol. The van der Waals surface area contributed by atoms with Crippen LogP contribution in [0.25, 0.3) is 11.1 Å². The molecular formula is C14H12N4O3. The molecule has 7 heteroatoms. The highest BCUT2D eigenvalue weighted by Gasteiger charge is 2.13. The average Bonchev–Trinajstić information content (AvgIpc) is 2.89. The van der Waals surface area contributed by atoms with Crippen LogP contribution < -0.4 is 5.32 Å².